The van der Waals surface area contributed by atoms with Crippen molar-refractivity contribution in [3.05, 3.63) is 54.0 Å². The van der Waals surface area contributed by atoms with Crippen LogP contribution in [-0.4, -0.2) is 37.1 Å². The Kier molecular flexibility index (Phi) is 4.57. The van der Waals surface area contributed by atoms with Crippen LogP contribution in [0.15, 0.2) is 47.1 Å². The lowest BCUT2D eigenvalue weighted by molar-refractivity contribution is 0.0831. The molecule has 1 unspecified atom stereocenters. The van der Waals surface area contributed by atoms with Gasteiger partial charge < -0.3 is 13.9 Å². The van der Waals surface area contributed by atoms with Crippen LogP contribution in [0.4, 0.5) is 0 Å². The fraction of sp³-hybridized carbons (Fsp3) is 0.350. The second-order valence-corrected chi connectivity index (χ2v) is 6.45. The monoisotopic (exact) mass is 339 g/mol. The summed E-state index contributed by atoms with van der Waals surface area (Å²) < 4.78 is 16.0. The molecule has 0 saturated carbocycles. The number of Topliss-reactive ketones (excluding diaryl/α,β-unsaturated/α-hetero) is 1. The highest BCUT2D eigenvalue weighted by Gasteiger charge is 2.27. The molecular formula is C20H21NO4. The Balaban J connectivity index is 1.38. The Labute approximate surface area is 146 Å². The first-order valence-corrected chi connectivity index (χ1v) is 8.66. The van der Waals surface area contributed by atoms with Crippen LogP contribution < -0.4 is 9.47 Å². The number of likely N-dealkylation sites (tertiary alicyclic amines) is 1. The minimum atomic E-state index is 0.0335. The number of rotatable bonds is 5. The SMILES string of the molecule is O=C(c1ccc2c(c1)OCO2)C1CCCN(C/C=C/c2ccco2)C1. The number of benzene rings is 1. The Morgan fingerprint density at radius 3 is 3.04 bits per heavy atom. The maximum atomic E-state index is 12.8. The van der Waals surface area contributed by atoms with Crippen molar-refractivity contribution >= 4 is 11.9 Å². The van der Waals surface area contributed by atoms with Crippen molar-refractivity contribution in [2.75, 3.05) is 26.4 Å². The summed E-state index contributed by atoms with van der Waals surface area (Å²) in [6, 6.07) is 9.27. The van der Waals surface area contributed by atoms with E-state index in [2.05, 4.69) is 11.0 Å². The van der Waals surface area contributed by atoms with Crippen molar-refractivity contribution < 1.29 is 18.7 Å². The molecule has 2 aliphatic heterocycles. The van der Waals surface area contributed by atoms with Gasteiger partial charge in [0.25, 0.3) is 0 Å². The topological polar surface area (TPSA) is 51.9 Å². The molecule has 130 valence electrons. The number of ether oxygens (including phenoxy) is 2. The number of furan rings is 1. The molecule has 0 amide bonds. The standard InChI is InChI=1S/C20H21NO4/c22-20(15-7-8-18-19(12-15)25-14-24-18)16-4-1-9-21(13-16)10-2-5-17-6-3-11-23-17/h2-3,5-8,11-12,16H,1,4,9-10,13-14H2/b5-2+. The first kappa shape index (κ1) is 16.0. The van der Waals surface area contributed by atoms with Gasteiger partial charge in [0, 0.05) is 24.6 Å². The molecule has 5 heteroatoms. The van der Waals surface area contributed by atoms with Crippen molar-refractivity contribution in [2.45, 2.75) is 12.8 Å². The van der Waals surface area contributed by atoms with Crippen LogP contribution in [0.25, 0.3) is 6.08 Å². The largest absolute Gasteiger partial charge is 0.465 e. The van der Waals surface area contributed by atoms with E-state index in [9.17, 15) is 4.79 Å². The van der Waals surface area contributed by atoms with Gasteiger partial charge in [-0.25, -0.2) is 0 Å². The number of piperidine rings is 1. The van der Waals surface area contributed by atoms with Crippen LogP contribution in [0.5, 0.6) is 11.5 Å². The summed E-state index contributed by atoms with van der Waals surface area (Å²) in [6.07, 6.45) is 7.71. The molecule has 0 spiro atoms. The van der Waals surface area contributed by atoms with E-state index in [1.54, 1.807) is 12.3 Å². The van der Waals surface area contributed by atoms with E-state index in [-0.39, 0.29) is 18.5 Å². The average Bonchev–Trinajstić information content (AvgIpc) is 3.32. The van der Waals surface area contributed by atoms with Gasteiger partial charge in [0.05, 0.1) is 6.26 Å². The molecule has 25 heavy (non-hydrogen) atoms. The Hall–Kier alpha value is -2.53. The highest BCUT2D eigenvalue weighted by atomic mass is 16.7. The van der Waals surface area contributed by atoms with E-state index < -0.39 is 0 Å². The smallest absolute Gasteiger partial charge is 0.231 e. The lowest BCUT2D eigenvalue weighted by Crippen LogP contribution is -2.38. The maximum absolute atomic E-state index is 12.8. The van der Waals surface area contributed by atoms with Crippen molar-refractivity contribution in [1.29, 1.82) is 0 Å². The molecule has 2 aliphatic rings. The zero-order valence-corrected chi connectivity index (χ0v) is 14.0. The maximum Gasteiger partial charge on any atom is 0.231 e. The van der Waals surface area contributed by atoms with Crippen LogP contribution in [0.3, 0.4) is 0 Å². The highest BCUT2D eigenvalue weighted by Crippen LogP contribution is 2.33. The zero-order valence-electron chi connectivity index (χ0n) is 14.0. The number of carbonyl (C=O) groups excluding carboxylic acids is 1. The highest BCUT2D eigenvalue weighted by molar-refractivity contribution is 5.98. The third kappa shape index (κ3) is 3.61. The molecule has 0 N–H and O–H groups in total. The van der Waals surface area contributed by atoms with Crippen LogP contribution in [0.2, 0.25) is 0 Å². The molecule has 5 nitrogen and oxygen atoms in total. The van der Waals surface area contributed by atoms with E-state index in [1.165, 1.54) is 0 Å². The fourth-order valence-corrected chi connectivity index (χ4v) is 3.42. The second-order valence-electron chi connectivity index (χ2n) is 6.45. The third-order valence-electron chi connectivity index (χ3n) is 4.72. The Morgan fingerprint density at radius 2 is 2.16 bits per heavy atom. The van der Waals surface area contributed by atoms with Crippen LogP contribution in [-0.2, 0) is 0 Å². The zero-order chi connectivity index (χ0) is 17.1. The van der Waals surface area contributed by atoms with Crippen LogP contribution in [0, 0.1) is 5.92 Å². The third-order valence-corrected chi connectivity index (χ3v) is 4.72. The number of ketones is 1. The predicted molar refractivity (Wildman–Crippen MR) is 93.8 cm³/mol. The molecule has 2 aromatic rings. The Bertz CT molecular complexity index is 766. The van der Waals surface area contributed by atoms with Gasteiger partial charge in [-0.1, -0.05) is 6.08 Å². The molecule has 1 saturated heterocycles. The average molecular weight is 339 g/mol. The summed E-state index contributed by atoms with van der Waals surface area (Å²) in [4.78, 5) is 15.2. The molecule has 1 aromatic heterocycles. The van der Waals surface area contributed by atoms with Crippen LogP contribution >= 0.6 is 0 Å². The molecule has 1 aromatic carbocycles. The van der Waals surface area contributed by atoms with Crippen molar-refractivity contribution in [1.82, 2.24) is 4.90 Å². The fourth-order valence-electron chi connectivity index (χ4n) is 3.42. The molecule has 0 aliphatic carbocycles. The number of hydrogen-bond donors (Lipinski definition) is 0. The van der Waals surface area contributed by atoms with Crippen LogP contribution in [0.1, 0.15) is 29.0 Å². The van der Waals surface area contributed by atoms with Crippen molar-refractivity contribution in [3.63, 3.8) is 0 Å². The quantitative estimate of drug-likeness (QED) is 0.779. The second kappa shape index (κ2) is 7.15. The minimum Gasteiger partial charge on any atom is -0.465 e. The van der Waals surface area contributed by atoms with Gasteiger partial charge in [0.1, 0.15) is 5.76 Å². The first-order valence-electron chi connectivity index (χ1n) is 8.66. The molecular weight excluding hydrogens is 318 g/mol. The van der Waals surface area contributed by atoms with E-state index in [1.807, 2.05) is 30.3 Å². The predicted octanol–water partition coefficient (Wildman–Crippen LogP) is 3.62. The van der Waals surface area contributed by atoms with E-state index in [0.29, 0.717) is 17.1 Å². The van der Waals surface area contributed by atoms with E-state index >= 15 is 0 Å². The number of nitrogens with zero attached hydrogens (tertiary/aromatic N) is 1. The van der Waals surface area contributed by atoms with E-state index in [4.69, 9.17) is 13.9 Å². The molecule has 3 heterocycles. The first-order chi connectivity index (χ1) is 12.3. The lowest BCUT2D eigenvalue weighted by Gasteiger charge is -2.31. The normalized spacial score (nSPS) is 20.2. The summed E-state index contributed by atoms with van der Waals surface area (Å²) >= 11 is 0. The van der Waals surface area contributed by atoms with Gasteiger partial charge in [-0.15, -0.1) is 0 Å². The van der Waals surface area contributed by atoms with Gasteiger partial charge >= 0.3 is 0 Å². The molecule has 1 atom stereocenters. The van der Waals surface area contributed by atoms with Gasteiger partial charge in [-0.05, 0) is 55.8 Å². The number of hydrogen-bond acceptors (Lipinski definition) is 5. The number of fused-ring (bicyclic) bond motifs is 1. The summed E-state index contributed by atoms with van der Waals surface area (Å²) in [5, 5.41) is 0. The molecule has 1 fully saturated rings. The minimum absolute atomic E-state index is 0.0335. The van der Waals surface area contributed by atoms with Crippen molar-refractivity contribution in [2.24, 2.45) is 5.92 Å². The van der Waals surface area contributed by atoms with Gasteiger partial charge in [0.2, 0.25) is 6.79 Å². The summed E-state index contributed by atoms with van der Waals surface area (Å²) in [6.45, 7) is 2.86. The van der Waals surface area contributed by atoms with Gasteiger partial charge in [-0.3, -0.25) is 9.69 Å². The summed E-state index contributed by atoms with van der Waals surface area (Å²) in [7, 11) is 0. The lowest BCUT2D eigenvalue weighted by atomic mass is 9.90. The summed E-state index contributed by atoms with van der Waals surface area (Å²) in [5.74, 6) is 2.46. The molecule has 4 rings (SSSR count). The molecule has 0 bridgehead atoms. The van der Waals surface area contributed by atoms with Gasteiger partial charge in [-0.2, -0.15) is 0 Å². The molecule has 0 radical (unpaired) electrons. The number of carbonyl (C=O) groups is 1. The summed E-state index contributed by atoms with van der Waals surface area (Å²) in [5.41, 5.74) is 0.710. The van der Waals surface area contributed by atoms with Crippen molar-refractivity contribution in [3.8, 4) is 11.5 Å². The Morgan fingerprint density at radius 1 is 1.24 bits per heavy atom. The van der Waals surface area contributed by atoms with Gasteiger partial charge in [0.15, 0.2) is 17.3 Å². The van der Waals surface area contributed by atoms with E-state index in [0.717, 1.165) is 38.2 Å².